The lowest BCUT2D eigenvalue weighted by molar-refractivity contribution is -0.141. The molecule has 0 bridgehead atoms. The minimum Gasteiger partial charge on any atom is -0.480 e. The lowest BCUT2D eigenvalue weighted by Crippen LogP contribution is -2.41. The second-order valence-corrected chi connectivity index (χ2v) is 4.68. The summed E-state index contributed by atoms with van der Waals surface area (Å²) in [6, 6.07) is 0.693. The molecule has 8 nitrogen and oxygen atoms in total. The van der Waals surface area contributed by atoms with Gasteiger partial charge >= 0.3 is 5.97 Å². The van der Waals surface area contributed by atoms with E-state index < -0.39 is 17.9 Å². The third-order valence-corrected chi connectivity index (χ3v) is 3.22. The normalized spacial score (nSPS) is 12.3. The second kappa shape index (κ2) is 5.78. The monoisotopic (exact) mass is 292 g/mol. The Morgan fingerprint density at radius 2 is 2.24 bits per heavy atom. The number of nitrogens with zero attached hydrogens (tertiary/aromatic N) is 2. The first-order chi connectivity index (χ1) is 9.93. The van der Waals surface area contributed by atoms with Crippen LogP contribution in [-0.2, 0) is 16.0 Å². The van der Waals surface area contributed by atoms with E-state index in [1.807, 2.05) is 0 Å². The molecule has 3 N–H and O–H groups in total. The van der Waals surface area contributed by atoms with Crippen molar-refractivity contribution in [2.24, 2.45) is 0 Å². The number of hydrogen-bond acceptors (Lipinski definition) is 4. The molecule has 0 aromatic carbocycles. The Morgan fingerprint density at radius 1 is 1.52 bits per heavy atom. The van der Waals surface area contributed by atoms with Crippen molar-refractivity contribution >= 4 is 17.5 Å². The van der Waals surface area contributed by atoms with Crippen LogP contribution in [0.5, 0.6) is 0 Å². The van der Waals surface area contributed by atoms with Crippen molar-refractivity contribution in [3.05, 3.63) is 33.9 Å². The second-order valence-electron chi connectivity index (χ2n) is 4.68. The molecule has 0 spiro atoms. The van der Waals surface area contributed by atoms with Crippen LogP contribution in [0.1, 0.15) is 24.6 Å². The van der Waals surface area contributed by atoms with E-state index in [4.69, 9.17) is 5.11 Å². The van der Waals surface area contributed by atoms with Gasteiger partial charge in [0.25, 0.3) is 5.56 Å². The van der Waals surface area contributed by atoms with Crippen molar-refractivity contribution in [2.45, 2.75) is 32.7 Å². The summed E-state index contributed by atoms with van der Waals surface area (Å²) in [6.45, 7) is 3.30. The van der Waals surface area contributed by atoms with Crippen LogP contribution in [0, 0.1) is 6.92 Å². The van der Waals surface area contributed by atoms with Crippen LogP contribution in [0.3, 0.4) is 0 Å². The molecule has 0 aliphatic heterocycles. The molecule has 0 aliphatic carbocycles. The number of H-pyrrole nitrogens is 1. The molecule has 0 aliphatic rings. The van der Waals surface area contributed by atoms with Crippen molar-refractivity contribution in [3.63, 3.8) is 0 Å². The third kappa shape index (κ3) is 2.93. The lowest BCUT2D eigenvalue weighted by Gasteiger charge is -2.12. The summed E-state index contributed by atoms with van der Waals surface area (Å²) in [7, 11) is 0. The number of aromatic nitrogens is 3. The minimum atomic E-state index is -1.10. The van der Waals surface area contributed by atoms with Gasteiger partial charge in [0, 0.05) is 23.5 Å². The first-order valence-corrected chi connectivity index (χ1v) is 6.51. The number of aromatic amines is 1. The van der Waals surface area contributed by atoms with Gasteiger partial charge in [-0.2, -0.15) is 0 Å². The van der Waals surface area contributed by atoms with Crippen molar-refractivity contribution < 1.29 is 14.7 Å². The molecule has 0 fully saturated rings. The number of rotatable bonds is 5. The minimum absolute atomic E-state index is 0.205. The van der Waals surface area contributed by atoms with Gasteiger partial charge in [-0.05, 0) is 13.3 Å². The third-order valence-electron chi connectivity index (χ3n) is 3.22. The van der Waals surface area contributed by atoms with Crippen molar-refractivity contribution in [3.8, 4) is 0 Å². The average molecular weight is 292 g/mol. The largest absolute Gasteiger partial charge is 0.480 e. The molecule has 2 aromatic heterocycles. The van der Waals surface area contributed by atoms with E-state index in [0.29, 0.717) is 11.3 Å². The number of aryl methyl sites for hydroxylation is 1. The Bertz CT molecular complexity index is 746. The Hall–Kier alpha value is -2.64. The number of carboxylic acid groups (broad SMARTS) is 1. The number of amides is 1. The summed E-state index contributed by atoms with van der Waals surface area (Å²) in [5.74, 6) is -1.62. The number of nitrogens with one attached hydrogen (secondary N) is 2. The topological polar surface area (TPSA) is 117 Å². The van der Waals surface area contributed by atoms with Gasteiger partial charge in [0.15, 0.2) is 5.65 Å². The fourth-order valence-corrected chi connectivity index (χ4v) is 2.05. The standard InChI is InChI=1S/C13H16N4O4/c1-3-9(13(20)21)16-11(18)6-8-7(2)15-10-4-5-14-17(10)12(8)19/h4-5,9,14H,3,6H2,1-2H3,(H,16,18)(H,20,21). The zero-order valence-corrected chi connectivity index (χ0v) is 11.7. The highest BCUT2D eigenvalue weighted by molar-refractivity contribution is 5.84. The SMILES string of the molecule is CCC(NC(=O)Cc1c(C)nc2cc[nH]n2c1=O)C(=O)O. The smallest absolute Gasteiger partial charge is 0.326 e. The molecule has 1 amide bonds. The van der Waals surface area contributed by atoms with E-state index in [1.54, 1.807) is 26.1 Å². The Balaban J connectivity index is 2.25. The van der Waals surface area contributed by atoms with Gasteiger partial charge in [0.2, 0.25) is 5.91 Å². The first kappa shape index (κ1) is 14.8. The molecular formula is C13H16N4O4. The van der Waals surface area contributed by atoms with Crippen LogP contribution < -0.4 is 10.9 Å². The maximum Gasteiger partial charge on any atom is 0.326 e. The van der Waals surface area contributed by atoms with Crippen LogP contribution in [0.4, 0.5) is 0 Å². The average Bonchev–Trinajstić information content (AvgIpc) is 2.88. The molecule has 2 heterocycles. The fraction of sp³-hybridized carbons (Fsp3) is 0.385. The maximum atomic E-state index is 12.2. The Morgan fingerprint density at radius 3 is 2.86 bits per heavy atom. The number of fused-ring (bicyclic) bond motifs is 1. The number of carboxylic acids is 1. The van der Waals surface area contributed by atoms with Crippen LogP contribution in [-0.4, -0.2) is 37.6 Å². The summed E-state index contributed by atoms with van der Waals surface area (Å²) in [4.78, 5) is 39.2. The summed E-state index contributed by atoms with van der Waals surface area (Å²) >= 11 is 0. The molecule has 8 heteroatoms. The summed E-state index contributed by atoms with van der Waals surface area (Å²) < 4.78 is 1.24. The molecule has 2 aromatic rings. The van der Waals surface area contributed by atoms with Gasteiger partial charge in [-0.15, -0.1) is 0 Å². The van der Waals surface area contributed by atoms with Crippen LogP contribution >= 0.6 is 0 Å². The van der Waals surface area contributed by atoms with E-state index in [-0.39, 0.29) is 24.0 Å². The van der Waals surface area contributed by atoms with Crippen molar-refractivity contribution in [1.82, 2.24) is 19.9 Å². The fourth-order valence-electron chi connectivity index (χ4n) is 2.05. The highest BCUT2D eigenvalue weighted by atomic mass is 16.4. The molecule has 112 valence electrons. The summed E-state index contributed by atoms with van der Waals surface area (Å²) in [5, 5.41) is 14.0. The van der Waals surface area contributed by atoms with Gasteiger partial charge in [0.1, 0.15) is 6.04 Å². The van der Waals surface area contributed by atoms with Crippen LogP contribution in [0.25, 0.3) is 5.65 Å². The number of carbonyl (C=O) groups excluding carboxylic acids is 1. The Labute approximate surface area is 119 Å². The lowest BCUT2D eigenvalue weighted by atomic mass is 10.1. The zero-order valence-electron chi connectivity index (χ0n) is 11.7. The van der Waals surface area contributed by atoms with E-state index in [2.05, 4.69) is 15.4 Å². The first-order valence-electron chi connectivity index (χ1n) is 6.51. The van der Waals surface area contributed by atoms with Crippen LogP contribution in [0.2, 0.25) is 0 Å². The molecule has 2 rings (SSSR count). The van der Waals surface area contributed by atoms with Crippen LogP contribution in [0.15, 0.2) is 17.1 Å². The van der Waals surface area contributed by atoms with Gasteiger partial charge in [-0.25, -0.2) is 14.3 Å². The molecule has 21 heavy (non-hydrogen) atoms. The summed E-state index contributed by atoms with van der Waals surface area (Å²) in [5.41, 5.74) is 0.811. The van der Waals surface area contributed by atoms with Gasteiger partial charge in [0.05, 0.1) is 6.42 Å². The molecule has 0 saturated carbocycles. The quantitative estimate of drug-likeness (QED) is 0.708. The predicted molar refractivity (Wildman–Crippen MR) is 74.1 cm³/mol. The van der Waals surface area contributed by atoms with Gasteiger partial charge in [-0.1, -0.05) is 6.92 Å². The molecule has 1 atom stereocenters. The summed E-state index contributed by atoms with van der Waals surface area (Å²) in [6.07, 6.45) is 1.64. The van der Waals surface area contributed by atoms with E-state index in [1.165, 1.54) is 4.52 Å². The number of hydrogen-bond donors (Lipinski definition) is 3. The zero-order chi connectivity index (χ0) is 15.6. The van der Waals surface area contributed by atoms with E-state index in [9.17, 15) is 14.4 Å². The Kier molecular flexibility index (Phi) is 4.06. The molecular weight excluding hydrogens is 276 g/mol. The highest BCUT2D eigenvalue weighted by Crippen LogP contribution is 2.04. The van der Waals surface area contributed by atoms with E-state index >= 15 is 0 Å². The van der Waals surface area contributed by atoms with Gasteiger partial charge < -0.3 is 10.4 Å². The molecule has 1 unspecified atom stereocenters. The van der Waals surface area contributed by atoms with Gasteiger partial charge in [-0.3, -0.25) is 14.7 Å². The number of aliphatic carboxylic acids is 1. The predicted octanol–water partition coefficient (Wildman–Crippen LogP) is -0.147. The maximum absolute atomic E-state index is 12.2. The van der Waals surface area contributed by atoms with E-state index in [0.717, 1.165) is 0 Å². The molecule has 0 saturated heterocycles. The highest BCUT2D eigenvalue weighted by Gasteiger charge is 2.20. The van der Waals surface area contributed by atoms with Crippen molar-refractivity contribution in [2.75, 3.05) is 0 Å². The molecule has 0 radical (unpaired) electrons. The number of carbonyl (C=O) groups is 2. The van der Waals surface area contributed by atoms with Crippen molar-refractivity contribution in [1.29, 1.82) is 0 Å².